The van der Waals surface area contributed by atoms with E-state index < -0.39 is 5.54 Å². The fourth-order valence-corrected chi connectivity index (χ4v) is 3.00. The first-order chi connectivity index (χ1) is 8.56. The van der Waals surface area contributed by atoms with Gasteiger partial charge in [0.05, 0.1) is 0 Å². The summed E-state index contributed by atoms with van der Waals surface area (Å²) in [6.07, 6.45) is 1.31. The average molecular weight is 254 g/mol. The number of hydrogen-bond donors (Lipinski definition) is 2. The van der Waals surface area contributed by atoms with Gasteiger partial charge in [0.1, 0.15) is 5.54 Å². The van der Waals surface area contributed by atoms with Crippen molar-refractivity contribution in [2.24, 2.45) is 5.73 Å². The van der Waals surface area contributed by atoms with Gasteiger partial charge in [0.25, 0.3) is 0 Å². The zero-order valence-corrected chi connectivity index (χ0v) is 10.9. The monoisotopic (exact) mass is 254 g/mol. The number of carbonyl (C=O) groups is 2. The van der Waals surface area contributed by atoms with Gasteiger partial charge in [0.2, 0.25) is 11.8 Å². The first-order valence-electron chi connectivity index (χ1n) is 6.57. The summed E-state index contributed by atoms with van der Waals surface area (Å²) in [4.78, 5) is 27.2. The van der Waals surface area contributed by atoms with Gasteiger partial charge in [0, 0.05) is 46.2 Å². The Bertz CT molecular complexity index is 331. The molecule has 0 aliphatic carbocycles. The second-order valence-electron chi connectivity index (χ2n) is 5.14. The Morgan fingerprint density at radius 3 is 2.11 bits per heavy atom. The van der Waals surface area contributed by atoms with Gasteiger partial charge >= 0.3 is 0 Å². The van der Waals surface area contributed by atoms with Gasteiger partial charge in [-0.1, -0.05) is 0 Å². The molecule has 0 aromatic rings. The molecule has 3 N–H and O–H groups in total. The number of piperazine rings is 1. The summed E-state index contributed by atoms with van der Waals surface area (Å²) in [5.41, 5.74) is 5.10. The number of piperidine rings is 1. The van der Waals surface area contributed by atoms with Gasteiger partial charge in [0.15, 0.2) is 0 Å². The number of likely N-dealkylation sites (tertiary alicyclic amines) is 1. The Kier molecular flexibility index (Phi) is 3.87. The van der Waals surface area contributed by atoms with Crippen LogP contribution in [0.5, 0.6) is 0 Å². The molecule has 6 heteroatoms. The van der Waals surface area contributed by atoms with Crippen molar-refractivity contribution in [3.8, 4) is 0 Å². The van der Waals surface area contributed by atoms with E-state index in [-0.39, 0.29) is 11.8 Å². The molecule has 0 bridgehead atoms. The summed E-state index contributed by atoms with van der Waals surface area (Å²) in [5.74, 6) is -0.166. The van der Waals surface area contributed by atoms with Crippen molar-refractivity contribution < 1.29 is 9.59 Å². The Hall–Kier alpha value is -1.14. The highest BCUT2D eigenvalue weighted by atomic mass is 16.2. The number of nitrogens with one attached hydrogen (secondary N) is 1. The van der Waals surface area contributed by atoms with Crippen molar-refractivity contribution in [1.82, 2.24) is 15.1 Å². The molecule has 2 amide bonds. The molecular formula is C12H22N4O2. The lowest BCUT2D eigenvalue weighted by atomic mass is 9.84. The summed E-state index contributed by atoms with van der Waals surface area (Å²) in [7, 11) is 0. The number of nitrogens with zero attached hydrogens (tertiary/aromatic N) is 2. The Labute approximate surface area is 107 Å². The highest BCUT2D eigenvalue weighted by Crippen LogP contribution is 2.29. The second kappa shape index (κ2) is 5.24. The van der Waals surface area contributed by atoms with Crippen LogP contribution in [0.15, 0.2) is 0 Å². The van der Waals surface area contributed by atoms with E-state index in [0.717, 1.165) is 26.2 Å². The van der Waals surface area contributed by atoms with E-state index in [0.29, 0.717) is 25.9 Å². The summed E-state index contributed by atoms with van der Waals surface area (Å²) >= 11 is 0. The highest BCUT2D eigenvalue weighted by molar-refractivity contribution is 5.85. The van der Waals surface area contributed by atoms with E-state index in [2.05, 4.69) is 10.2 Å². The lowest BCUT2D eigenvalue weighted by Gasteiger charge is -2.48. The van der Waals surface area contributed by atoms with E-state index in [1.165, 1.54) is 0 Å². The summed E-state index contributed by atoms with van der Waals surface area (Å²) in [6, 6.07) is 0. The van der Waals surface area contributed by atoms with Crippen molar-refractivity contribution in [2.45, 2.75) is 25.3 Å². The fourth-order valence-electron chi connectivity index (χ4n) is 3.00. The molecule has 2 heterocycles. The largest absolute Gasteiger partial charge is 0.368 e. The lowest BCUT2D eigenvalue weighted by Crippen LogP contribution is -2.65. The molecule has 2 saturated heterocycles. The smallest absolute Gasteiger partial charge is 0.238 e. The van der Waals surface area contributed by atoms with Gasteiger partial charge in [-0.3, -0.25) is 14.5 Å². The second-order valence-corrected chi connectivity index (χ2v) is 5.14. The SMILES string of the molecule is CC(=O)N1CCC(C(N)=O)(N2CCNCC2)CC1. The van der Waals surface area contributed by atoms with E-state index in [4.69, 9.17) is 5.73 Å². The van der Waals surface area contributed by atoms with Gasteiger partial charge < -0.3 is 16.0 Å². The van der Waals surface area contributed by atoms with E-state index in [9.17, 15) is 9.59 Å². The van der Waals surface area contributed by atoms with Crippen LogP contribution < -0.4 is 11.1 Å². The molecule has 0 aromatic heterocycles. The molecule has 0 radical (unpaired) electrons. The van der Waals surface area contributed by atoms with Gasteiger partial charge in [-0.2, -0.15) is 0 Å². The van der Waals surface area contributed by atoms with Crippen LogP contribution in [0.25, 0.3) is 0 Å². The molecule has 18 heavy (non-hydrogen) atoms. The minimum absolute atomic E-state index is 0.0772. The average Bonchev–Trinajstić information content (AvgIpc) is 2.39. The summed E-state index contributed by atoms with van der Waals surface area (Å²) in [5, 5.41) is 3.28. The maximum atomic E-state index is 11.9. The van der Waals surface area contributed by atoms with Crippen molar-refractivity contribution in [2.75, 3.05) is 39.3 Å². The van der Waals surface area contributed by atoms with Crippen molar-refractivity contribution in [1.29, 1.82) is 0 Å². The molecule has 102 valence electrons. The van der Waals surface area contributed by atoms with Crippen LogP contribution in [0.3, 0.4) is 0 Å². The van der Waals surface area contributed by atoms with Crippen LogP contribution in [-0.4, -0.2) is 66.4 Å². The maximum Gasteiger partial charge on any atom is 0.238 e. The predicted octanol–water partition coefficient (Wildman–Crippen LogP) is -1.24. The summed E-state index contributed by atoms with van der Waals surface area (Å²) in [6.45, 7) is 6.31. The third kappa shape index (κ3) is 2.35. The molecule has 0 atom stereocenters. The predicted molar refractivity (Wildman–Crippen MR) is 67.9 cm³/mol. The number of primary amides is 1. The molecule has 2 rings (SSSR count). The minimum Gasteiger partial charge on any atom is -0.368 e. The van der Waals surface area contributed by atoms with Crippen LogP contribution in [0.4, 0.5) is 0 Å². The van der Waals surface area contributed by atoms with Crippen LogP contribution >= 0.6 is 0 Å². The topological polar surface area (TPSA) is 78.7 Å². The third-order valence-corrected chi connectivity index (χ3v) is 4.22. The number of hydrogen-bond acceptors (Lipinski definition) is 4. The van der Waals surface area contributed by atoms with Crippen molar-refractivity contribution >= 4 is 11.8 Å². The zero-order valence-electron chi connectivity index (χ0n) is 10.9. The number of nitrogens with two attached hydrogens (primary N) is 1. The van der Waals surface area contributed by atoms with E-state index in [1.54, 1.807) is 11.8 Å². The molecular weight excluding hydrogens is 232 g/mol. The van der Waals surface area contributed by atoms with Crippen LogP contribution in [0, 0.1) is 0 Å². The molecule has 2 aliphatic heterocycles. The molecule has 0 spiro atoms. The fraction of sp³-hybridized carbons (Fsp3) is 0.833. The molecule has 6 nitrogen and oxygen atoms in total. The quantitative estimate of drug-likeness (QED) is 0.646. The molecule has 2 fully saturated rings. The van der Waals surface area contributed by atoms with Gasteiger partial charge in [-0.15, -0.1) is 0 Å². The normalized spacial score (nSPS) is 24.8. The number of rotatable bonds is 2. The lowest BCUT2D eigenvalue weighted by molar-refractivity contribution is -0.140. The van der Waals surface area contributed by atoms with E-state index >= 15 is 0 Å². The van der Waals surface area contributed by atoms with Crippen molar-refractivity contribution in [3.63, 3.8) is 0 Å². The molecule has 0 aromatic carbocycles. The van der Waals surface area contributed by atoms with Gasteiger partial charge in [-0.25, -0.2) is 0 Å². The van der Waals surface area contributed by atoms with Crippen molar-refractivity contribution in [3.05, 3.63) is 0 Å². The highest BCUT2D eigenvalue weighted by Gasteiger charge is 2.45. The minimum atomic E-state index is -0.548. The Morgan fingerprint density at radius 1 is 1.11 bits per heavy atom. The molecule has 0 unspecified atom stereocenters. The first-order valence-corrected chi connectivity index (χ1v) is 6.57. The molecule has 2 aliphatic rings. The Morgan fingerprint density at radius 2 is 1.67 bits per heavy atom. The Balaban J connectivity index is 2.09. The van der Waals surface area contributed by atoms with Crippen LogP contribution in [0.2, 0.25) is 0 Å². The number of carbonyl (C=O) groups excluding carboxylic acids is 2. The first kappa shape index (κ1) is 13.3. The standard InChI is InChI=1S/C12H22N4O2/c1-10(17)15-6-2-12(3-7-15,11(13)18)16-8-4-14-5-9-16/h14H,2-9H2,1H3,(H2,13,18). The van der Waals surface area contributed by atoms with Crippen LogP contribution in [-0.2, 0) is 9.59 Å². The van der Waals surface area contributed by atoms with Gasteiger partial charge in [-0.05, 0) is 12.8 Å². The zero-order chi connectivity index (χ0) is 13.2. The summed E-state index contributed by atoms with van der Waals surface area (Å²) < 4.78 is 0. The van der Waals surface area contributed by atoms with Crippen LogP contribution in [0.1, 0.15) is 19.8 Å². The van der Waals surface area contributed by atoms with E-state index in [1.807, 2.05) is 0 Å². The number of amides is 2. The third-order valence-electron chi connectivity index (χ3n) is 4.22. The molecule has 0 saturated carbocycles. The maximum absolute atomic E-state index is 11.9.